The van der Waals surface area contributed by atoms with E-state index in [1.54, 1.807) is 12.1 Å². The molecule has 0 aliphatic carbocycles. The molecule has 6 nitrogen and oxygen atoms in total. The minimum Gasteiger partial charge on any atom is -0.478 e. The molecule has 2 rings (SSSR count). The molecule has 1 N–H and O–H groups in total. The molecule has 112 valence electrons. The van der Waals surface area contributed by atoms with Crippen molar-refractivity contribution in [1.29, 1.82) is 0 Å². The monoisotopic (exact) mass is 346 g/mol. The van der Waals surface area contributed by atoms with Gasteiger partial charge in [-0.1, -0.05) is 23.7 Å². The number of carbonyl (C=O) groups is 1. The zero-order valence-corrected chi connectivity index (χ0v) is 13.5. The predicted molar refractivity (Wildman–Crippen MR) is 80.9 cm³/mol. The first-order chi connectivity index (χ1) is 9.76. The Labute approximate surface area is 130 Å². The molecule has 0 saturated heterocycles. The summed E-state index contributed by atoms with van der Waals surface area (Å²) >= 11 is 6.73. The average Bonchev–Trinajstić information content (AvgIpc) is 2.80. The van der Waals surface area contributed by atoms with Crippen LogP contribution in [-0.2, 0) is 10.0 Å². The van der Waals surface area contributed by atoms with Crippen molar-refractivity contribution in [3.8, 4) is 0 Å². The Kier molecular flexibility index (Phi) is 4.22. The minimum atomic E-state index is -3.96. The van der Waals surface area contributed by atoms with Crippen LogP contribution in [0.1, 0.15) is 16.1 Å². The zero-order valence-electron chi connectivity index (χ0n) is 11.1. The van der Waals surface area contributed by atoms with Gasteiger partial charge in [0.25, 0.3) is 10.0 Å². The Balaban J connectivity index is 2.57. The van der Waals surface area contributed by atoms with Gasteiger partial charge in [-0.3, -0.25) is 4.31 Å². The van der Waals surface area contributed by atoms with Gasteiger partial charge in [0.05, 0.1) is 10.7 Å². The number of benzene rings is 1. The topological polar surface area (TPSA) is 87.6 Å². The second-order valence-electron chi connectivity index (χ2n) is 4.16. The van der Waals surface area contributed by atoms with Gasteiger partial charge in [-0.2, -0.15) is 4.37 Å². The fraction of sp³-hybridized carbons (Fsp3) is 0.167. The summed E-state index contributed by atoms with van der Waals surface area (Å²) in [5.74, 6) is -1.22. The highest BCUT2D eigenvalue weighted by Gasteiger charge is 2.30. The minimum absolute atomic E-state index is 0.0416. The van der Waals surface area contributed by atoms with Crippen molar-refractivity contribution in [2.75, 3.05) is 11.4 Å². The maximum absolute atomic E-state index is 12.6. The number of aromatic carboxylic acids is 1. The van der Waals surface area contributed by atoms with Gasteiger partial charge in [0.1, 0.15) is 15.5 Å². The van der Waals surface area contributed by atoms with Crippen LogP contribution in [0.3, 0.4) is 0 Å². The molecule has 0 bridgehead atoms. The molecule has 0 aliphatic rings. The molecule has 0 spiro atoms. The standard InChI is InChI=1S/C12H11ClN2O4S2/c1-7-10(12(16)17)11(20-14-7)15(2)21(18,19)9-6-4-3-5-8(9)13/h3-6H,1-2H3,(H,16,17). The molecule has 21 heavy (non-hydrogen) atoms. The van der Waals surface area contributed by atoms with Crippen molar-refractivity contribution in [2.45, 2.75) is 11.8 Å². The van der Waals surface area contributed by atoms with Gasteiger partial charge in [-0.05, 0) is 30.6 Å². The van der Waals surface area contributed by atoms with Gasteiger partial charge in [-0.15, -0.1) is 0 Å². The van der Waals surface area contributed by atoms with Crippen molar-refractivity contribution in [3.63, 3.8) is 0 Å². The number of rotatable bonds is 4. The van der Waals surface area contributed by atoms with E-state index in [0.29, 0.717) is 0 Å². The summed E-state index contributed by atoms with van der Waals surface area (Å²) in [5.41, 5.74) is 0.141. The summed E-state index contributed by atoms with van der Waals surface area (Å²) in [6.07, 6.45) is 0. The third kappa shape index (κ3) is 2.74. The van der Waals surface area contributed by atoms with E-state index in [1.807, 2.05) is 0 Å². The molecule has 1 heterocycles. The largest absolute Gasteiger partial charge is 0.478 e. The Bertz CT molecular complexity index is 801. The number of hydrogen-bond acceptors (Lipinski definition) is 5. The van der Waals surface area contributed by atoms with E-state index in [0.717, 1.165) is 15.8 Å². The summed E-state index contributed by atoms with van der Waals surface area (Å²) < 4.78 is 29.9. The molecule has 0 amide bonds. The first-order valence-electron chi connectivity index (χ1n) is 5.70. The number of aromatic nitrogens is 1. The van der Waals surface area contributed by atoms with E-state index >= 15 is 0 Å². The highest BCUT2D eigenvalue weighted by molar-refractivity contribution is 7.93. The van der Waals surface area contributed by atoms with Crippen molar-refractivity contribution >= 4 is 44.1 Å². The first-order valence-corrected chi connectivity index (χ1v) is 8.29. The zero-order chi connectivity index (χ0) is 15.8. The van der Waals surface area contributed by atoms with Gasteiger partial charge >= 0.3 is 5.97 Å². The second kappa shape index (κ2) is 5.63. The molecule has 0 unspecified atom stereocenters. The maximum atomic E-state index is 12.6. The van der Waals surface area contributed by atoms with Crippen molar-refractivity contribution in [1.82, 2.24) is 4.37 Å². The summed E-state index contributed by atoms with van der Waals surface area (Å²) in [7, 11) is -2.68. The fourth-order valence-electron chi connectivity index (χ4n) is 1.73. The van der Waals surface area contributed by atoms with E-state index in [1.165, 1.54) is 26.1 Å². The number of carboxylic acids is 1. The molecule has 0 atom stereocenters. The SMILES string of the molecule is Cc1nsc(N(C)S(=O)(=O)c2ccccc2Cl)c1C(=O)O. The van der Waals surface area contributed by atoms with Gasteiger partial charge < -0.3 is 5.11 Å². The Hall–Kier alpha value is -1.64. The number of sulfonamides is 1. The summed E-state index contributed by atoms with van der Waals surface area (Å²) in [6, 6.07) is 5.98. The number of hydrogen-bond donors (Lipinski definition) is 1. The van der Waals surface area contributed by atoms with Gasteiger partial charge in [0, 0.05) is 7.05 Å². The third-order valence-corrected chi connectivity index (χ3v) is 6.21. The van der Waals surface area contributed by atoms with Gasteiger partial charge in [0.15, 0.2) is 0 Å². The van der Waals surface area contributed by atoms with Crippen molar-refractivity contribution in [3.05, 3.63) is 40.5 Å². The first kappa shape index (κ1) is 15.7. The van der Waals surface area contributed by atoms with Gasteiger partial charge in [0.2, 0.25) is 0 Å². The third-order valence-electron chi connectivity index (χ3n) is 2.82. The molecule has 0 aliphatic heterocycles. The quantitative estimate of drug-likeness (QED) is 0.919. The molecule has 1 aromatic carbocycles. The Morgan fingerprint density at radius 1 is 1.38 bits per heavy atom. The smallest absolute Gasteiger partial charge is 0.340 e. The fourth-order valence-corrected chi connectivity index (χ4v) is 4.48. The van der Waals surface area contributed by atoms with Crippen LogP contribution in [0, 0.1) is 6.92 Å². The summed E-state index contributed by atoms with van der Waals surface area (Å²) in [5, 5.41) is 9.31. The van der Waals surface area contributed by atoms with Crippen LogP contribution in [-0.4, -0.2) is 30.9 Å². The highest BCUT2D eigenvalue weighted by Crippen LogP contribution is 2.33. The molecule has 9 heteroatoms. The van der Waals surface area contributed by atoms with E-state index < -0.39 is 16.0 Å². The van der Waals surface area contributed by atoms with Crippen LogP contribution in [0.4, 0.5) is 5.00 Å². The van der Waals surface area contributed by atoms with Crippen LogP contribution >= 0.6 is 23.1 Å². The number of carboxylic acid groups (broad SMARTS) is 1. The Morgan fingerprint density at radius 3 is 2.57 bits per heavy atom. The van der Waals surface area contributed by atoms with Crippen LogP contribution < -0.4 is 4.31 Å². The van der Waals surface area contributed by atoms with Crippen LogP contribution in [0.5, 0.6) is 0 Å². The molecule has 0 radical (unpaired) electrons. The molecule has 0 saturated carbocycles. The molecule has 2 aromatic rings. The maximum Gasteiger partial charge on any atom is 0.340 e. The predicted octanol–water partition coefficient (Wildman–Crippen LogP) is 2.63. The summed E-state index contributed by atoms with van der Waals surface area (Å²) in [4.78, 5) is 11.2. The number of aryl methyl sites for hydroxylation is 1. The van der Waals surface area contributed by atoms with Crippen LogP contribution in [0.25, 0.3) is 0 Å². The lowest BCUT2D eigenvalue weighted by atomic mass is 10.2. The average molecular weight is 347 g/mol. The molecular formula is C12H11ClN2O4S2. The van der Waals surface area contributed by atoms with E-state index in [9.17, 15) is 18.3 Å². The second-order valence-corrected chi connectivity index (χ2v) is 7.25. The van der Waals surface area contributed by atoms with Crippen LogP contribution in [0.2, 0.25) is 5.02 Å². The highest BCUT2D eigenvalue weighted by atomic mass is 35.5. The van der Waals surface area contributed by atoms with E-state index in [-0.39, 0.29) is 26.2 Å². The van der Waals surface area contributed by atoms with E-state index in [4.69, 9.17) is 11.6 Å². The van der Waals surface area contributed by atoms with Crippen molar-refractivity contribution < 1.29 is 18.3 Å². The number of halogens is 1. The molecular weight excluding hydrogens is 336 g/mol. The normalized spacial score (nSPS) is 11.4. The van der Waals surface area contributed by atoms with Crippen molar-refractivity contribution in [2.24, 2.45) is 0 Å². The summed E-state index contributed by atoms with van der Waals surface area (Å²) in [6.45, 7) is 1.51. The lowest BCUT2D eigenvalue weighted by Gasteiger charge is -2.18. The molecule has 0 fully saturated rings. The van der Waals surface area contributed by atoms with Gasteiger partial charge in [-0.25, -0.2) is 13.2 Å². The van der Waals surface area contributed by atoms with Crippen LogP contribution in [0.15, 0.2) is 29.2 Å². The Morgan fingerprint density at radius 2 is 2.00 bits per heavy atom. The lowest BCUT2D eigenvalue weighted by molar-refractivity contribution is 0.0697. The number of anilines is 1. The number of nitrogens with zero attached hydrogens (tertiary/aromatic N) is 2. The molecule has 1 aromatic heterocycles. The van der Waals surface area contributed by atoms with E-state index in [2.05, 4.69) is 4.37 Å². The lowest BCUT2D eigenvalue weighted by Crippen LogP contribution is -2.27.